The summed E-state index contributed by atoms with van der Waals surface area (Å²) in [6.07, 6.45) is 6.69. The molecular weight excluding hydrogens is 140 g/mol. The topological polar surface area (TPSA) is 26.3 Å². The van der Waals surface area contributed by atoms with Gasteiger partial charge in [0.15, 0.2) is 0 Å². The molecule has 0 aromatic heterocycles. The third-order valence-electron chi connectivity index (χ3n) is 1.81. The number of hydrogen-bond donors (Lipinski definition) is 0. The maximum atomic E-state index is 11.0. The van der Waals surface area contributed by atoms with Crippen molar-refractivity contribution in [3.8, 4) is 12.5 Å². The first-order chi connectivity index (χ1) is 4.89. The molecule has 0 saturated heterocycles. The van der Waals surface area contributed by atoms with E-state index in [1.165, 1.54) is 0 Å². The predicted molar refractivity (Wildman–Crippen MR) is 43.5 cm³/mol. The second kappa shape index (κ2) is 3.43. The van der Waals surface area contributed by atoms with E-state index in [0.717, 1.165) is 0 Å². The van der Waals surface area contributed by atoms with Crippen molar-refractivity contribution in [3.63, 3.8) is 0 Å². The van der Waals surface area contributed by atoms with Crippen LogP contribution in [0.2, 0.25) is 0 Å². The summed E-state index contributed by atoms with van der Waals surface area (Å²) in [4.78, 5) is 11.0. The SMILES string of the molecule is C#COC(=O)C(C)C(C)(C)C. The van der Waals surface area contributed by atoms with Gasteiger partial charge < -0.3 is 4.74 Å². The van der Waals surface area contributed by atoms with E-state index in [9.17, 15) is 4.79 Å². The second-order valence-electron chi connectivity index (χ2n) is 3.63. The van der Waals surface area contributed by atoms with E-state index in [2.05, 4.69) is 4.74 Å². The Bertz CT molecular complexity index is 181. The van der Waals surface area contributed by atoms with Gasteiger partial charge in [0.05, 0.1) is 5.92 Å². The van der Waals surface area contributed by atoms with Crippen LogP contribution in [0.3, 0.4) is 0 Å². The first-order valence-corrected chi connectivity index (χ1v) is 3.56. The molecule has 0 bridgehead atoms. The van der Waals surface area contributed by atoms with Crippen molar-refractivity contribution in [2.75, 3.05) is 0 Å². The summed E-state index contributed by atoms with van der Waals surface area (Å²) in [7, 11) is 0. The van der Waals surface area contributed by atoms with Crippen molar-refractivity contribution in [2.24, 2.45) is 11.3 Å². The van der Waals surface area contributed by atoms with Crippen LogP contribution in [-0.2, 0) is 9.53 Å². The Morgan fingerprint density at radius 3 is 2.27 bits per heavy atom. The number of rotatable bonds is 1. The van der Waals surface area contributed by atoms with Crippen LogP contribution < -0.4 is 0 Å². The molecule has 2 nitrogen and oxygen atoms in total. The first-order valence-electron chi connectivity index (χ1n) is 3.56. The van der Waals surface area contributed by atoms with Gasteiger partial charge in [-0.15, -0.1) is 0 Å². The predicted octanol–water partition coefficient (Wildman–Crippen LogP) is 1.80. The molecule has 0 fully saturated rings. The summed E-state index contributed by atoms with van der Waals surface area (Å²) in [5.74, 6) is -0.501. The monoisotopic (exact) mass is 154 g/mol. The molecule has 0 spiro atoms. The fraction of sp³-hybridized carbons (Fsp3) is 0.667. The molecular formula is C9H14O2. The van der Waals surface area contributed by atoms with Crippen LogP contribution in [0.25, 0.3) is 0 Å². The van der Waals surface area contributed by atoms with Gasteiger partial charge in [-0.2, -0.15) is 0 Å². The van der Waals surface area contributed by atoms with E-state index in [0.29, 0.717) is 0 Å². The zero-order valence-corrected chi connectivity index (χ0v) is 7.47. The van der Waals surface area contributed by atoms with E-state index in [1.54, 1.807) is 6.92 Å². The Morgan fingerprint density at radius 1 is 1.55 bits per heavy atom. The molecule has 0 aromatic rings. The van der Waals surface area contributed by atoms with Gasteiger partial charge in [0, 0.05) is 0 Å². The number of hydrogen-bond acceptors (Lipinski definition) is 2. The molecule has 0 rings (SSSR count). The quantitative estimate of drug-likeness (QED) is 0.425. The molecule has 0 N–H and O–H groups in total. The van der Waals surface area contributed by atoms with Gasteiger partial charge in [0.25, 0.3) is 0 Å². The van der Waals surface area contributed by atoms with E-state index < -0.39 is 0 Å². The van der Waals surface area contributed by atoms with Gasteiger partial charge in [-0.25, -0.2) is 0 Å². The Morgan fingerprint density at radius 2 is 2.00 bits per heavy atom. The average Bonchev–Trinajstić information content (AvgIpc) is 1.85. The molecule has 0 aliphatic heterocycles. The lowest BCUT2D eigenvalue weighted by atomic mass is 9.82. The summed E-state index contributed by atoms with van der Waals surface area (Å²) in [6, 6.07) is 0. The van der Waals surface area contributed by atoms with Crippen LogP contribution in [0.15, 0.2) is 0 Å². The molecule has 0 amide bonds. The Balaban J connectivity index is 4.17. The lowest BCUT2D eigenvalue weighted by Gasteiger charge is -2.23. The van der Waals surface area contributed by atoms with Crippen molar-refractivity contribution in [1.82, 2.24) is 0 Å². The summed E-state index contributed by atoms with van der Waals surface area (Å²) < 4.78 is 4.42. The van der Waals surface area contributed by atoms with Gasteiger partial charge in [0.2, 0.25) is 0 Å². The number of ether oxygens (including phenoxy) is 1. The van der Waals surface area contributed by atoms with Crippen molar-refractivity contribution in [1.29, 1.82) is 0 Å². The van der Waals surface area contributed by atoms with Crippen LogP contribution in [0, 0.1) is 23.9 Å². The molecule has 1 atom stereocenters. The number of esters is 1. The fourth-order valence-electron chi connectivity index (χ4n) is 0.500. The normalized spacial score (nSPS) is 13.4. The van der Waals surface area contributed by atoms with Crippen molar-refractivity contribution < 1.29 is 9.53 Å². The highest BCUT2D eigenvalue weighted by molar-refractivity contribution is 5.73. The van der Waals surface area contributed by atoms with Crippen molar-refractivity contribution in [2.45, 2.75) is 27.7 Å². The number of carbonyl (C=O) groups is 1. The molecule has 2 heteroatoms. The lowest BCUT2D eigenvalue weighted by molar-refractivity contribution is -0.144. The fourth-order valence-corrected chi connectivity index (χ4v) is 0.500. The van der Waals surface area contributed by atoms with Crippen LogP contribution in [-0.4, -0.2) is 5.97 Å². The van der Waals surface area contributed by atoms with Gasteiger partial charge in [-0.1, -0.05) is 34.1 Å². The van der Waals surface area contributed by atoms with Crippen LogP contribution in [0.1, 0.15) is 27.7 Å². The van der Waals surface area contributed by atoms with Crippen molar-refractivity contribution >= 4 is 5.97 Å². The van der Waals surface area contributed by atoms with E-state index in [1.807, 2.05) is 26.9 Å². The molecule has 62 valence electrons. The standard InChI is InChI=1S/C9H14O2/c1-6-11-8(10)7(2)9(3,4)5/h1,7H,2-5H3. The highest BCUT2D eigenvalue weighted by atomic mass is 16.5. The molecule has 0 aliphatic carbocycles. The Hall–Kier alpha value is -0.970. The highest BCUT2D eigenvalue weighted by Crippen LogP contribution is 2.25. The third-order valence-corrected chi connectivity index (χ3v) is 1.81. The van der Waals surface area contributed by atoms with Gasteiger partial charge >= 0.3 is 5.97 Å². The minimum Gasteiger partial charge on any atom is -0.372 e. The Labute approximate surface area is 67.9 Å². The van der Waals surface area contributed by atoms with Gasteiger partial charge in [0.1, 0.15) is 6.11 Å². The minimum absolute atomic E-state index is 0.0894. The van der Waals surface area contributed by atoms with Gasteiger partial charge in [-0.05, 0) is 5.41 Å². The molecule has 0 aliphatic rings. The summed E-state index contributed by atoms with van der Waals surface area (Å²) in [5, 5.41) is 0. The average molecular weight is 154 g/mol. The highest BCUT2D eigenvalue weighted by Gasteiger charge is 2.27. The third kappa shape index (κ3) is 3.08. The number of terminal acetylenes is 1. The summed E-state index contributed by atoms with van der Waals surface area (Å²) in [6.45, 7) is 7.71. The number of carbonyl (C=O) groups excluding carboxylic acids is 1. The maximum Gasteiger partial charge on any atom is 0.323 e. The van der Waals surface area contributed by atoms with Gasteiger partial charge in [-0.3, -0.25) is 4.79 Å². The molecule has 0 saturated carbocycles. The zero-order chi connectivity index (χ0) is 9.07. The van der Waals surface area contributed by atoms with Crippen LogP contribution in [0.5, 0.6) is 0 Å². The van der Waals surface area contributed by atoms with Crippen LogP contribution >= 0.6 is 0 Å². The van der Waals surface area contributed by atoms with Crippen LogP contribution in [0.4, 0.5) is 0 Å². The maximum absolute atomic E-state index is 11.0. The molecule has 0 heterocycles. The van der Waals surface area contributed by atoms with E-state index in [4.69, 9.17) is 6.42 Å². The van der Waals surface area contributed by atoms with E-state index in [-0.39, 0.29) is 17.3 Å². The summed E-state index contributed by atoms with van der Waals surface area (Å²) in [5.41, 5.74) is -0.0894. The molecule has 1 unspecified atom stereocenters. The molecule has 0 radical (unpaired) electrons. The molecule has 0 aromatic carbocycles. The molecule has 11 heavy (non-hydrogen) atoms. The second-order valence-corrected chi connectivity index (χ2v) is 3.63. The smallest absolute Gasteiger partial charge is 0.323 e. The largest absolute Gasteiger partial charge is 0.372 e. The first kappa shape index (κ1) is 10.0. The lowest BCUT2D eigenvalue weighted by Crippen LogP contribution is -2.26. The summed E-state index contributed by atoms with van der Waals surface area (Å²) >= 11 is 0. The van der Waals surface area contributed by atoms with E-state index >= 15 is 0 Å². The minimum atomic E-state index is -0.333. The Kier molecular flexibility index (Phi) is 3.13. The van der Waals surface area contributed by atoms with Crippen molar-refractivity contribution in [3.05, 3.63) is 0 Å². The zero-order valence-electron chi connectivity index (χ0n) is 7.47.